The second kappa shape index (κ2) is 6.54. The van der Waals surface area contributed by atoms with Crippen LogP contribution in [-0.2, 0) is 17.8 Å². The Hall–Kier alpha value is -2.15. The molecule has 2 atom stereocenters. The SMILES string of the molecule is CCc1nn(CC(=O)N2C(C)CCCC2C)c(=O)c2cc3sccc3n12. The number of fused-ring (bicyclic) bond motifs is 3. The smallest absolute Gasteiger partial charge is 0.291 e. The minimum Gasteiger partial charge on any atom is -0.336 e. The van der Waals surface area contributed by atoms with Crippen LogP contribution in [0.5, 0.6) is 0 Å². The highest BCUT2D eigenvalue weighted by molar-refractivity contribution is 7.17. The van der Waals surface area contributed by atoms with Crippen molar-refractivity contribution in [2.24, 2.45) is 0 Å². The number of hydrogen-bond acceptors (Lipinski definition) is 4. The van der Waals surface area contributed by atoms with Gasteiger partial charge >= 0.3 is 0 Å². The van der Waals surface area contributed by atoms with E-state index in [0.717, 1.165) is 35.3 Å². The molecule has 6 nitrogen and oxygen atoms in total. The summed E-state index contributed by atoms with van der Waals surface area (Å²) in [4.78, 5) is 27.8. The number of hydrogen-bond donors (Lipinski definition) is 0. The standard InChI is InChI=1S/C19H24N4O2S/c1-4-17-20-21(11-18(24)22-12(2)6-5-7-13(22)3)19(25)15-10-16-14(23(15)17)8-9-26-16/h8-10,12-13H,4-7,11H2,1-3H3. The lowest BCUT2D eigenvalue weighted by molar-refractivity contribution is -0.138. The lowest BCUT2D eigenvalue weighted by Gasteiger charge is -2.39. The van der Waals surface area contributed by atoms with Crippen LogP contribution < -0.4 is 5.56 Å². The van der Waals surface area contributed by atoms with E-state index in [1.807, 2.05) is 33.7 Å². The average Bonchev–Trinajstić information content (AvgIpc) is 3.18. The number of thiophene rings is 1. The summed E-state index contributed by atoms with van der Waals surface area (Å²) in [6, 6.07) is 4.36. The first-order valence-electron chi connectivity index (χ1n) is 9.31. The monoisotopic (exact) mass is 372 g/mol. The van der Waals surface area contributed by atoms with Crippen molar-refractivity contribution in [3.8, 4) is 0 Å². The van der Waals surface area contributed by atoms with E-state index in [2.05, 4.69) is 18.9 Å². The highest BCUT2D eigenvalue weighted by Gasteiger charge is 2.29. The third kappa shape index (κ3) is 2.65. The first-order chi connectivity index (χ1) is 12.5. The maximum absolute atomic E-state index is 13.0. The third-order valence-electron chi connectivity index (χ3n) is 5.45. The normalized spacial score (nSPS) is 21.0. The van der Waals surface area contributed by atoms with Crippen molar-refractivity contribution < 1.29 is 4.79 Å². The summed E-state index contributed by atoms with van der Waals surface area (Å²) in [6.07, 6.45) is 3.89. The number of likely N-dealkylation sites (tertiary alicyclic amines) is 1. The second-order valence-corrected chi connectivity index (χ2v) is 8.15. The highest BCUT2D eigenvalue weighted by Crippen LogP contribution is 2.25. The number of rotatable bonds is 3. The molecule has 1 amide bonds. The maximum atomic E-state index is 13.0. The Labute approximate surface area is 156 Å². The molecule has 0 spiro atoms. The number of aromatic nitrogens is 3. The topological polar surface area (TPSA) is 59.6 Å². The quantitative estimate of drug-likeness (QED) is 0.710. The van der Waals surface area contributed by atoms with Crippen molar-refractivity contribution in [2.45, 2.75) is 65.1 Å². The van der Waals surface area contributed by atoms with Gasteiger partial charge in [-0.1, -0.05) is 6.92 Å². The fourth-order valence-corrected chi connectivity index (χ4v) is 4.98. The van der Waals surface area contributed by atoms with Crippen LogP contribution in [0.25, 0.3) is 15.7 Å². The van der Waals surface area contributed by atoms with Gasteiger partial charge in [0.15, 0.2) is 0 Å². The number of carbonyl (C=O) groups excluding carboxylic acids is 1. The van der Waals surface area contributed by atoms with Gasteiger partial charge in [0.25, 0.3) is 5.56 Å². The van der Waals surface area contributed by atoms with Gasteiger partial charge in [-0.2, -0.15) is 5.10 Å². The maximum Gasteiger partial charge on any atom is 0.291 e. The fourth-order valence-electron chi connectivity index (χ4n) is 4.18. The van der Waals surface area contributed by atoms with Crippen molar-refractivity contribution in [1.82, 2.24) is 19.1 Å². The summed E-state index contributed by atoms with van der Waals surface area (Å²) < 4.78 is 4.36. The second-order valence-electron chi connectivity index (χ2n) is 7.20. The van der Waals surface area contributed by atoms with Crippen LogP contribution in [-0.4, -0.2) is 37.1 Å². The predicted molar refractivity (Wildman–Crippen MR) is 104 cm³/mol. The molecule has 0 N–H and O–H groups in total. The Bertz CT molecular complexity index is 1020. The fraction of sp³-hybridized carbons (Fsp3) is 0.526. The van der Waals surface area contributed by atoms with Gasteiger partial charge in [-0.3, -0.25) is 14.0 Å². The van der Waals surface area contributed by atoms with E-state index in [4.69, 9.17) is 0 Å². The minimum absolute atomic E-state index is 0.00976. The number of piperidine rings is 1. The van der Waals surface area contributed by atoms with E-state index < -0.39 is 0 Å². The lowest BCUT2D eigenvalue weighted by Crippen LogP contribution is -2.49. The van der Waals surface area contributed by atoms with Crippen LogP contribution in [0, 0.1) is 0 Å². The van der Waals surface area contributed by atoms with E-state index in [-0.39, 0.29) is 30.1 Å². The lowest BCUT2D eigenvalue weighted by atomic mass is 9.97. The zero-order chi connectivity index (χ0) is 18.4. The van der Waals surface area contributed by atoms with E-state index in [1.165, 1.54) is 4.68 Å². The zero-order valence-electron chi connectivity index (χ0n) is 15.4. The minimum atomic E-state index is -0.198. The number of amides is 1. The molecule has 0 radical (unpaired) electrons. The van der Waals surface area contributed by atoms with Crippen molar-refractivity contribution in [3.63, 3.8) is 0 Å². The van der Waals surface area contributed by atoms with E-state index >= 15 is 0 Å². The predicted octanol–water partition coefficient (Wildman–Crippen LogP) is 3.06. The molecule has 7 heteroatoms. The largest absolute Gasteiger partial charge is 0.336 e. The Morgan fingerprint density at radius 2 is 2.00 bits per heavy atom. The van der Waals surface area contributed by atoms with Gasteiger partial charge in [-0.05, 0) is 50.6 Å². The Morgan fingerprint density at radius 3 is 2.69 bits per heavy atom. The first-order valence-corrected chi connectivity index (χ1v) is 10.2. The Morgan fingerprint density at radius 1 is 1.27 bits per heavy atom. The number of carbonyl (C=O) groups is 1. The molecule has 3 aromatic rings. The molecule has 1 aliphatic heterocycles. The van der Waals surface area contributed by atoms with E-state index in [9.17, 15) is 9.59 Å². The van der Waals surface area contributed by atoms with Gasteiger partial charge < -0.3 is 4.90 Å². The van der Waals surface area contributed by atoms with Gasteiger partial charge in [0.2, 0.25) is 5.91 Å². The van der Waals surface area contributed by atoms with E-state index in [1.54, 1.807) is 11.3 Å². The molecule has 3 aromatic heterocycles. The molecule has 0 saturated carbocycles. The molecule has 4 heterocycles. The van der Waals surface area contributed by atoms with Crippen molar-refractivity contribution >= 4 is 33.0 Å². The van der Waals surface area contributed by atoms with Gasteiger partial charge in [-0.15, -0.1) is 11.3 Å². The summed E-state index contributed by atoms with van der Waals surface area (Å²) in [7, 11) is 0. The highest BCUT2D eigenvalue weighted by atomic mass is 32.1. The average molecular weight is 372 g/mol. The van der Waals surface area contributed by atoms with Crippen molar-refractivity contribution in [1.29, 1.82) is 0 Å². The van der Waals surface area contributed by atoms with Crippen LogP contribution >= 0.6 is 11.3 Å². The number of aryl methyl sites for hydroxylation is 1. The Kier molecular flexibility index (Phi) is 4.34. The summed E-state index contributed by atoms with van der Waals surface area (Å²) in [5, 5.41) is 6.55. The molecule has 138 valence electrons. The van der Waals surface area contributed by atoms with Crippen LogP contribution in [0.15, 0.2) is 22.3 Å². The van der Waals surface area contributed by atoms with Gasteiger partial charge in [-0.25, -0.2) is 4.68 Å². The molecule has 0 aromatic carbocycles. The van der Waals surface area contributed by atoms with Gasteiger partial charge in [0.05, 0.1) is 10.2 Å². The molecule has 0 aliphatic carbocycles. The molecule has 4 rings (SSSR count). The third-order valence-corrected chi connectivity index (χ3v) is 6.31. The molecule has 1 aliphatic rings. The molecular formula is C19H24N4O2S. The summed E-state index contributed by atoms with van der Waals surface area (Å²) in [6.45, 7) is 6.21. The molecule has 1 saturated heterocycles. The first kappa shape index (κ1) is 17.3. The molecule has 26 heavy (non-hydrogen) atoms. The number of nitrogens with zero attached hydrogens (tertiary/aromatic N) is 4. The summed E-state index contributed by atoms with van der Waals surface area (Å²) >= 11 is 1.61. The van der Waals surface area contributed by atoms with Crippen molar-refractivity contribution in [2.75, 3.05) is 0 Å². The molecular weight excluding hydrogens is 348 g/mol. The zero-order valence-corrected chi connectivity index (χ0v) is 16.3. The molecule has 2 unspecified atom stereocenters. The molecule has 1 fully saturated rings. The summed E-state index contributed by atoms with van der Waals surface area (Å²) in [5.41, 5.74) is 1.42. The summed E-state index contributed by atoms with van der Waals surface area (Å²) in [5.74, 6) is 0.791. The van der Waals surface area contributed by atoms with Crippen molar-refractivity contribution in [3.05, 3.63) is 33.7 Å². The van der Waals surface area contributed by atoms with Crippen LogP contribution in [0.2, 0.25) is 0 Å². The van der Waals surface area contributed by atoms with Crippen LogP contribution in [0.1, 0.15) is 45.9 Å². The van der Waals surface area contributed by atoms with Gasteiger partial charge in [0.1, 0.15) is 17.9 Å². The van der Waals surface area contributed by atoms with Gasteiger partial charge in [0, 0.05) is 18.5 Å². The Balaban J connectivity index is 1.76. The molecule has 0 bridgehead atoms. The van der Waals surface area contributed by atoms with Crippen LogP contribution in [0.3, 0.4) is 0 Å². The van der Waals surface area contributed by atoms with E-state index in [0.29, 0.717) is 11.9 Å². The van der Waals surface area contributed by atoms with Crippen LogP contribution in [0.4, 0.5) is 0 Å².